The van der Waals surface area contributed by atoms with Gasteiger partial charge >= 0.3 is 0 Å². The maximum absolute atomic E-state index is 12.1. The van der Waals surface area contributed by atoms with Gasteiger partial charge in [-0.25, -0.2) is 0 Å². The number of quaternary nitrogens is 1. The van der Waals surface area contributed by atoms with Crippen LogP contribution in [0.15, 0.2) is 53.3 Å². The molecule has 1 unspecified atom stereocenters. The van der Waals surface area contributed by atoms with Gasteiger partial charge in [0.05, 0.1) is 26.3 Å². The van der Waals surface area contributed by atoms with Gasteiger partial charge in [0, 0.05) is 30.1 Å². The summed E-state index contributed by atoms with van der Waals surface area (Å²) >= 11 is 0. The van der Waals surface area contributed by atoms with Crippen molar-refractivity contribution < 1.29 is 14.7 Å². The largest absolute Gasteiger partial charge is 0.385 e. The monoisotopic (exact) mass is 355 g/mol. The predicted molar refractivity (Wildman–Crippen MR) is 99.2 cm³/mol. The molecule has 26 heavy (non-hydrogen) atoms. The standard InChI is InChI=1S/C21H26N2O3/c24-19(15-26-14-16-5-2-1-3-6-16)13-22-10-17-9-18(12-22)20-7-4-8-21(25)23(20)11-17/h1-8,17-19,24H,9-15H2/p+1/t17-,18+,19+/m1/s1. The molecule has 4 rings (SSSR count). The second-order valence-corrected chi connectivity index (χ2v) is 7.72. The van der Waals surface area contributed by atoms with E-state index in [1.54, 1.807) is 6.07 Å². The zero-order valence-corrected chi connectivity index (χ0v) is 15.0. The summed E-state index contributed by atoms with van der Waals surface area (Å²) in [6.45, 7) is 4.43. The Balaban J connectivity index is 1.30. The number of ether oxygens (including phenoxy) is 1. The van der Waals surface area contributed by atoms with Crippen LogP contribution >= 0.6 is 0 Å². The summed E-state index contributed by atoms with van der Waals surface area (Å²) in [5, 5.41) is 10.4. The molecule has 138 valence electrons. The highest BCUT2D eigenvalue weighted by atomic mass is 16.5. The molecule has 2 N–H and O–H groups in total. The van der Waals surface area contributed by atoms with Crippen molar-refractivity contribution in [2.75, 3.05) is 26.2 Å². The number of nitrogens with zero attached hydrogens (tertiary/aromatic N) is 1. The second kappa shape index (κ2) is 7.74. The van der Waals surface area contributed by atoms with E-state index in [-0.39, 0.29) is 5.56 Å². The van der Waals surface area contributed by atoms with E-state index in [2.05, 4.69) is 6.07 Å². The number of piperidine rings is 1. The molecule has 2 aliphatic rings. The summed E-state index contributed by atoms with van der Waals surface area (Å²) in [7, 11) is 0. The Kier molecular flexibility index (Phi) is 5.20. The van der Waals surface area contributed by atoms with Gasteiger partial charge in [-0.3, -0.25) is 4.79 Å². The van der Waals surface area contributed by atoms with Crippen molar-refractivity contribution >= 4 is 0 Å². The smallest absolute Gasteiger partial charge is 0.250 e. The van der Waals surface area contributed by atoms with Crippen LogP contribution in [0.3, 0.4) is 0 Å². The number of aliphatic hydroxyl groups excluding tert-OH is 1. The Morgan fingerprint density at radius 3 is 2.85 bits per heavy atom. The fourth-order valence-electron chi connectivity index (χ4n) is 4.57. The number of hydrogen-bond donors (Lipinski definition) is 2. The van der Waals surface area contributed by atoms with E-state index in [0.29, 0.717) is 31.6 Å². The van der Waals surface area contributed by atoms with Gasteiger partial charge in [-0.1, -0.05) is 36.4 Å². The summed E-state index contributed by atoms with van der Waals surface area (Å²) in [5.41, 5.74) is 2.41. The van der Waals surface area contributed by atoms with Crippen molar-refractivity contribution in [1.82, 2.24) is 4.57 Å². The summed E-state index contributed by atoms with van der Waals surface area (Å²) in [4.78, 5) is 13.5. The van der Waals surface area contributed by atoms with Crippen LogP contribution in [-0.2, 0) is 17.9 Å². The lowest BCUT2D eigenvalue weighted by atomic mass is 9.83. The second-order valence-electron chi connectivity index (χ2n) is 7.72. The number of likely N-dealkylation sites (tertiary alicyclic amines) is 1. The first-order valence-electron chi connectivity index (χ1n) is 9.52. The average Bonchev–Trinajstić information content (AvgIpc) is 2.63. The minimum absolute atomic E-state index is 0.120. The van der Waals surface area contributed by atoms with Gasteiger partial charge in [0.15, 0.2) is 0 Å². The third kappa shape index (κ3) is 3.90. The van der Waals surface area contributed by atoms with Crippen molar-refractivity contribution in [2.24, 2.45) is 5.92 Å². The fraction of sp³-hybridized carbons (Fsp3) is 0.476. The molecule has 5 nitrogen and oxygen atoms in total. The normalized spacial score (nSPS) is 25.5. The van der Waals surface area contributed by atoms with E-state index in [4.69, 9.17) is 4.74 Å². The highest BCUT2D eigenvalue weighted by Gasteiger charge is 2.37. The molecule has 0 spiro atoms. The van der Waals surface area contributed by atoms with Crippen LogP contribution in [0, 0.1) is 5.92 Å². The van der Waals surface area contributed by atoms with Gasteiger partial charge in [-0.15, -0.1) is 0 Å². The molecule has 1 aromatic carbocycles. The highest BCUT2D eigenvalue weighted by molar-refractivity contribution is 5.15. The average molecular weight is 355 g/mol. The molecule has 1 aromatic heterocycles. The molecular weight excluding hydrogens is 328 g/mol. The lowest BCUT2D eigenvalue weighted by Gasteiger charge is -2.40. The van der Waals surface area contributed by atoms with Crippen molar-refractivity contribution in [2.45, 2.75) is 31.6 Å². The minimum atomic E-state index is -0.453. The van der Waals surface area contributed by atoms with E-state index in [0.717, 1.165) is 31.6 Å². The van der Waals surface area contributed by atoms with Crippen LogP contribution in [0.25, 0.3) is 0 Å². The molecule has 2 aliphatic heterocycles. The minimum Gasteiger partial charge on any atom is -0.385 e. The SMILES string of the molecule is O=c1cccc2n1C[C@@H]1C[C@H]2C[NH+](C[C@H](O)COCc2ccccc2)C1. The molecule has 2 bridgehead atoms. The molecule has 1 fully saturated rings. The molecule has 0 amide bonds. The lowest BCUT2D eigenvalue weighted by Crippen LogP contribution is -3.15. The van der Waals surface area contributed by atoms with Crippen LogP contribution in [-0.4, -0.2) is 42.0 Å². The number of rotatable bonds is 6. The molecule has 5 heteroatoms. The number of nitrogens with one attached hydrogen (secondary N) is 1. The van der Waals surface area contributed by atoms with Crippen LogP contribution in [0.1, 0.15) is 23.6 Å². The zero-order chi connectivity index (χ0) is 17.9. The van der Waals surface area contributed by atoms with Crippen LogP contribution in [0.5, 0.6) is 0 Å². The molecular formula is C21H27N2O3+. The molecule has 0 saturated carbocycles. The quantitative estimate of drug-likeness (QED) is 0.790. The molecule has 1 saturated heterocycles. The maximum atomic E-state index is 12.1. The van der Waals surface area contributed by atoms with Crippen LogP contribution in [0.2, 0.25) is 0 Å². The number of pyridine rings is 1. The summed E-state index contributed by atoms with van der Waals surface area (Å²) in [5.74, 6) is 0.942. The third-order valence-corrected chi connectivity index (χ3v) is 5.62. The van der Waals surface area contributed by atoms with Gasteiger partial charge in [0.1, 0.15) is 12.6 Å². The zero-order valence-electron chi connectivity index (χ0n) is 15.0. The fourth-order valence-corrected chi connectivity index (χ4v) is 4.57. The summed E-state index contributed by atoms with van der Waals surface area (Å²) < 4.78 is 7.63. The van der Waals surface area contributed by atoms with E-state index >= 15 is 0 Å². The van der Waals surface area contributed by atoms with E-state index in [1.807, 2.05) is 41.0 Å². The van der Waals surface area contributed by atoms with Gasteiger partial charge in [-0.05, 0) is 18.1 Å². The van der Waals surface area contributed by atoms with Gasteiger partial charge in [0.2, 0.25) is 0 Å². The molecule has 4 atom stereocenters. The highest BCUT2D eigenvalue weighted by Crippen LogP contribution is 2.29. The van der Waals surface area contributed by atoms with Crippen molar-refractivity contribution in [3.63, 3.8) is 0 Å². The molecule has 0 aliphatic carbocycles. The number of aromatic nitrogens is 1. The lowest BCUT2D eigenvalue weighted by molar-refractivity contribution is -0.914. The van der Waals surface area contributed by atoms with E-state index in [9.17, 15) is 9.90 Å². The topological polar surface area (TPSA) is 55.9 Å². The number of hydrogen-bond acceptors (Lipinski definition) is 3. The van der Waals surface area contributed by atoms with Crippen LogP contribution < -0.4 is 10.5 Å². The van der Waals surface area contributed by atoms with Crippen molar-refractivity contribution in [1.29, 1.82) is 0 Å². The first-order chi connectivity index (χ1) is 12.7. The Bertz CT molecular complexity index is 789. The Morgan fingerprint density at radius 2 is 2.00 bits per heavy atom. The number of fused-ring (bicyclic) bond motifs is 4. The molecule has 0 radical (unpaired) electrons. The first-order valence-corrected chi connectivity index (χ1v) is 9.52. The van der Waals surface area contributed by atoms with Crippen LogP contribution in [0.4, 0.5) is 0 Å². The first kappa shape index (κ1) is 17.5. The maximum Gasteiger partial charge on any atom is 0.250 e. The van der Waals surface area contributed by atoms with E-state index < -0.39 is 6.10 Å². The van der Waals surface area contributed by atoms with Gasteiger partial charge in [0.25, 0.3) is 5.56 Å². The summed E-state index contributed by atoms with van der Waals surface area (Å²) in [6.07, 6.45) is 0.707. The van der Waals surface area contributed by atoms with Crippen molar-refractivity contribution in [3.8, 4) is 0 Å². The predicted octanol–water partition coefficient (Wildman–Crippen LogP) is 0.428. The van der Waals surface area contributed by atoms with Gasteiger partial charge < -0.3 is 19.3 Å². The number of aliphatic hydroxyl groups is 1. The van der Waals surface area contributed by atoms with Crippen molar-refractivity contribution in [3.05, 3.63) is 70.1 Å². The number of benzene rings is 1. The Labute approximate surface area is 153 Å². The molecule has 2 aromatic rings. The Morgan fingerprint density at radius 1 is 1.15 bits per heavy atom. The van der Waals surface area contributed by atoms with E-state index in [1.165, 1.54) is 10.6 Å². The Hall–Kier alpha value is -1.95. The summed E-state index contributed by atoms with van der Waals surface area (Å²) in [6, 6.07) is 15.7. The van der Waals surface area contributed by atoms with Gasteiger partial charge in [-0.2, -0.15) is 0 Å². The molecule has 3 heterocycles. The third-order valence-electron chi connectivity index (χ3n) is 5.62.